The van der Waals surface area contributed by atoms with Gasteiger partial charge in [0.1, 0.15) is 0 Å². The highest BCUT2D eigenvalue weighted by Crippen LogP contribution is 2.14. The molecule has 1 saturated heterocycles. The van der Waals surface area contributed by atoms with Crippen LogP contribution in [0, 0.1) is 5.82 Å². The van der Waals surface area contributed by atoms with Crippen LogP contribution in [0.25, 0.3) is 0 Å². The van der Waals surface area contributed by atoms with E-state index in [-0.39, 0.29) is 11.8 Å². The molecular formula is C11H18FN5. The Bertz CT molecular complexity index is 378. The number of nitrogens with two attached hydrogens (primary N) is 1. The zero-order chi connectivity index (χ0) is 12.3. The van der Waals surface area contributed by atoms with Crippen LogP contribution < -0.4 is 11.1 Å². The van der Waals surface area contributed by atoms with E-state index in [2.05, 4.69) is 27.1 Å². The van der Waals surface area contributed by atoms with Crippen molar-refractivity contribution >= 4 is 11.8 Å². The van der Waals surface area contributed by atoms with Gasteiger partial charge in [-0.05, 0) is 32.9 Å². The standard InChI is InChI=1S/C11H18FN5/c1-8(17-4-2-3-5-17)6-14-10-9(12)7-15-11(13)16-10/h7-8H,2-6H2,1H3,(H3,13,14,15,16). The summed E-state index contributed by atoms with van der Waals surface area (Å²) in [6, 6.07) is 0.369. The predicted molar refractivity (Wildman–Crippen MR) is 65.2 cm³/mol. The van der Waals surface area contributed by atoms with E-state index >= 15 is 0 Å². The van der Waals surface area contributed by atoms with Crippen molar-refractivity contribution in [2.75, 3.05) is 30.7 Å². The third kappa shape index (κ3) is 3.03. The lowest BCUT2D eigenvalue weighted by molar-refractivity contribution is 0.269. The highest BCUT2D eigenvalue weighted by atomic mass is 19.1. The molecule has 17 heavy (non-hydrogen) atoms. The molecule has 1 atom stereocenters. The Labute approximate surface area is 100 Å². The molecule has 1 fully saturated rings. The number of anilines is 2. The van der Waals surface area contributed by atoms with E-state index in [0.717, 1.165) is 19.3 Å². The molecule has 0 spiro atoms. The molecule has 1 unspecified atom stereocenters. The number of nitrogens with one attached hydrogen (secondary N) is 1. The maximum Gasteiger partial charge on any atom is 0.222 e. The first-order valence-electron chi connectivity index (χ1n) is 5.93. The second kappa shape index (κ2) is 5.27. The smallest absolute Gasteiger partial charge is 0.222 e. The topological polar surface area (TPSA) is 67.1 Å². The zero-order valence-corrected chi connectivity index (χ0v) is 9.99. The second-order valence-electron chi connectivity index (χ2n) is 4.40. The number of nitrogens with zero attached hydrogens (tertiary/aromatic N) is 3. The van der Waals surface area contributed by atoms with E-state index in [0.29, 0.717) is 12.6 Å². The monoisotopic (exact) mass is 239 g/mol. The summed E-state index contributed by atoms with van der Waals surface area (Å²) in [5.74, 6) is -0.195. The number of likely N-dealkylation sites (tertiary alicyclic amines) is 1. The van der Waals surface area contributed by atoms with E-state index < -0.39 is 5.82 Å². The van der Waals surface area contributed by atoms with E-state index in [9.17, 15) is 4.39 Å². The lowest BCUT2D eigenvalue weighted by atomic mass is 10.3. The van der Waals surface area contributed by atoms with Crippen molar-refractivity contribution in [1.29, 1.82) is 0 Å². The molecule has 94 valence electrons. The Hall–Kier alpha value is -1.43. The Morgan fingerprint density at radius 1 is 1.53 bits per heavy atom. The van der Waals surface area contributed by atoms with Crippen molar-refractivity contribution in [3.63, 3.8) is 0 Å². The van der Waals surface area contributed by atoms with Gasteiger partial charge in [-0.25, -0.2) is 9.37 Å². The zero-order valence-electron chi connectivity index (χ0n) is 9.99. The van der Waals surface area contributed by atoms with Crippen molar-refractivity contribution in [3.8, 4) is 0 Å². The maximum atomic E-state index is 13.3. The molecule has 6 heteroatoms. The molecule has 2 rings (SSSR count). The van der Waals surface area contributed by atoms with Crippen molar-refractivity contribution in [2.45, 2.75) is 25.8 Å². The van der Waals surface area contributed by atoms with Crippen LogP contribution in [-0.2, 0) is 0 Å². The van der Waals surface area contributed by atoms with E-state index in [4.69, 9.17) is 5.73 Å². The first-order valence-corrected chi connectivity index (χ1v) is 5.93. The van der Waals surface area contributed by atoms with Crippen molar-refractivity contribution in [2.24, 2.45) is 0 Å². The number of halogens is 1. The Morgan fingerprint density at radius 2 is 2.24 bits per heavy atom. The van der Waals surface area contributed by atoms with Gasteiger partial charge in [0.25, 0.3) is 0 Å². The maximum absolute atomic E-state index is 13.3. The Morgan fingerprint density at radius 3 is 2.94 bits per heavy atom. The van der Waals surface area contributed by atoms with Gasteiger partial charge < -0.3 is 11.1 Å². The van der Waals surface area contributed by atoms with E-state index in [1.807, 2.05) is 0 Å². The minimum absolute atomic E-state index is 0.0859. The number of nitrogen functional groups attached to an aromatic ring is 1. The lowest BCUT2D eigenvalue weighted by Gasteiger charge is -2.24. The summed E-state index contributed by atoms with van der Waals surface area (Å²) in [6.45, 7) is 5.03. The molecule has 0 aliphatic carbocycles. The summed E-state index contributed by atoms with van der Waals surface area (Å²) in [4.78, 5) is 9.80. The molecule has 5 nitrogen and oxygen atoms in total. The quantitative estimate of drug-likeness (QED) is 0.823. The molecule has 0 saturated carbocycles. The van der Waals surface area contributed by atoms with Gasteiger partial charge >= 0.3 is 0 Å². The number of rotatable bonds is 4. The van der Waals surface area contributed by atoms with E-state index in [1.165, 1.54) is 12.8 Å². The van der Waals surface area contributed by atoms with Gasteiger partial charge in [-0.2, -0.15) is 4.98 Å². The van der Waals surface area contributed by atoms with Crippen LogP contribution in [0.5, 0.6) is 0 Å². The third-order valence-corrected chi connectivity index (χ3v) is 3.09. The minimum atomic E-state index is -0.465. The summed E-state index contributed by atoms with van der Waals surface area (Å²) >= 11 is 0. The number of hydrogen-bond acceptors (Lipinski definition) is 5. The number of hydrogen-bond donors (Lipinski definition) is 2. The molecule has 1 aromatic heterocycles. The summed E-state index contributed by atoms with van der Waals surface area (Å²) in [5.41, 5.74) is 5.42. The fourth-order valence-electron chi connectivity index (χ4n) is 2.06. The predicted octanol–water partition coefficient (Wildman–Crippen LogP) is 1.09. The molecule has 1 aliphatic heterocycles. The fraction of sp³-hybridized carbons (Fsp3) is 0.636. The molecule has 0 aromatic carbocycles. The van der Waals surface area contributed by atoms with Crippen LogP contribution >= 0.6 is 0 Å². The van der Waals surface area contributed by atoms with Crippen LogP contribution in [0.15, 0.2) is 6.20 Å². The van der Waals surface area contributed by atoms with Crippen molar-refractivity contribution in [1.82, 2.24) is 14.9 Å². The van der Waals surface area contributed by atoms with Crippen LogP contribution in [-0.4, -0.2) is 40.5 Å². The van der Waals surface area contributed by atoms with Crippen molar-refractivity contribution in [3.05, 3.63) is 12.0 Å². The Kier molecular flexibility index (Phi) is 3.73. The summed E-state index contributed by atoms with van der Waals surface area (Å²) in [7, 11) is 0. The highest BCUT2D eigenvalue weighted by molar-refractivity contribution is 5.39. The van der Waals surface area contributed by atoms with Gasteiger partial charge in [-0.3, -0.25) is 4.90 Å². The van der Waals surface area contributed by atoms with Gasteiger partial charge in [0.2, 0.25) is 5.95 Å². The second-order valence-corrected chi connectivity index (χ2v) is 4.40. The fourth-order valence-corrected chi connectivity index (χ4v) is 2.06. The third-order valence-electron chi connectivity index (χ3n) is 3.09. The van der Waals surface area contributed by atoms with Gasteiger partial charge in [0, 0.05) is 12.6 Å². The first-order chi connectivity index (χ1) is 8.16. The normalized spacial score (nSPS) is 18.2. The largest absolute Gasteiger partial charge is 0.368 e. The molecule has 0 amide bonds. The molecular weight excluding hydrogens is 221 g/mol. The first kappa shape index (κ1) is 12.0. The van der Waals surface area contributed by atoms with E-state index in [1.54, 1.807) is 0 Å². The lowest BCUT2D eigenvalue weighted by Crippen LogP contribution is -2.35. The summed E-state index contributed by atoms with van der Waals surface area (Å²) < 4.78 is 13.3. The molecule has 0 radical (unpaired) electrons. The van der Waals surface area contributed by atoms with Crippen molar-refractivity contribution < 1.29 is 4.39 Å². The number of aromatic nitrogens is 2. The average Bonchev–Trinajstić information content (AvgIpc) is 2.83. The van der Waals surface area contributed by atoms with Crippen LogP contribution in [0.4, 0.5) is 16.2 Å². The van der Waals surface area contributed by atoms with Gasteiger partial charge in [0.05, 0.1) is 6.20 Å². The molecule has 1 aliphatic rings. The molecule has 0 bridgehead atoms. The summed E-state index contributed by atoms with van der Waals surface area (Å²) in [5, 5.41) is 2.98. The highest BCUT2D eigenvalue weighted by Gasteiger charge is 2.18. The molecule has 3 N–H and O–H groups in total. The van der Waals surface area contributed by atoms with Gasteiger partial charge in [-0.1, -0.05) is 0 Å². The molecule has 2 heterocycles. The molecule has 1 aromatic rings. The van der Waals surface area contributed by atoms with Crippen LogP contribution in [0.1, 0.15) is 19.8 Å². The SMILES string of the molecule is CC(CNc1nc(N)ncc1F)N1CCCC1. The minimum Gasteiger partial charge on any atom is -0.368 e. The van der Waals surface area contributed by atoms with Gasteiger partial charge in [-0.15, -0.1) is 0 Å². The van der Waals surface area contributed by atoms with Crippen LogP contribution in [0.2, 0.25) is 0 Å². The average molecular weight is 239 g/mol. The van der Waals surface area contributed by atoms with Gasteiger partial charge in [0.15, 0.2) is 11.6 Å². The van der Waals surface area contributed by atoms with Crippen LogP contribution in [0.3, 0.4) is 0 Å². The summed E-state index contributed by atoms with van der Waals surface area (Å²) in [6.07, 6.45) is 3.59. The Balaban J connectivity index is 1.90.